The highest BCUT2D eigenvalue weighted by molar-refractivity contribution is 9.10. The molecule has 0 aliphatic carbocycles. The molecule has 0 bridgehead atoms. The minimum Gasteiger partial charge on any atom is -0.295 e. The van der Waals surface area contributed by atoms with Crippen molar-refractivity contribution in [2.75, 3.05) is 0 Å². The minimum atomic E-state index is -0.510. The number of hydrogen-bond donors (Lipinski definition) is 0. The number of aromatic nitrogens is 2. The van der Waals surface area contributed by atoms with Crippen molar-refractivity contribution in [2.24, 2.45) is 0 Å². The van der Waals surface area contributed by atoms with Gasteiger partial charge in [0, 0.05) is 11.8 Å². The maximum absolute atomic E-state index is 13.6. The van der Waals surface area contributed by atoms with E-state index in [1.54, 1.807) is 16.7 Å². The van der Waals surface area contributed by atoms with Crippen molar-refractivity contribution >= 4 is 50.2 Å². The summed E-state index contributed by atoms with van der Waals surface area (Å²) in [6, 6.07) is 7.23. The Bertz CT molecular complexity index is 849. The highest BCUT2D eigenvalue weighted by atomic mass is 79.9. The van der Waals surface area contributed by atoms with Crippen molar-refractivity contribution < 1.29 is 8.78 Å². The van der Waals surface area contributed by atoms with Crippen LogP contribution in [0.4, 0.5) is 8.78 Å². The predicted molar refractivity (Wildman–Crippen MR) is 83.3 cm³/mol. The van der Waals surface area contributed by atoms with E-state index in [2.05, 4.69) is 20.9 Å². The average Bonchev–Trinajstić information content (AvgIpc) is 2.80. The van der Waals surface area contributed by atoms with Crippen LogP contribution in [0.15, 0.2) is 34.8 Å². The Labute approximate surface area is 137 Å². The summed E-state index contributed by atoms with van der Waals surface area (Å²) < 4.78 is 29.0. The van der Waals surface area contributed by atoms with Gasteiger partial charge >= 0.3 is 0 Å². The second kappa shape index (κ2) is 5.55. The van der Waals surface area contributed by atoms with Gasteiger partial charge in [-0.2, -0.15) is 0 Å². The molecule has 7 heteroatoms. The van der Waals surface area contributed by atoms with Crippen molar-refractivity contribution in [2.45, 2.75) is 5.88 Å². The van der Waals surface area contributed by atoms with Gasteiger partial charge < -0.3 is 0 Å². The standard InChI is InChI=1S/C14H7BrCl2F2N2/c15-8-4-13-12(5-11(8)19)20-14(6-16)21(13)7-1-2-10(18)9(17)3-7/h1-5H,6H2. The van der Waals surface area contributed by atoms with Gasteiger partial charge in [-0.25, -0.2) is 13.8 Å². The van der Waals surface area contributed by atoms with Gasteiger partial charge in [0.15, 0.2) is 0 Å². The first-order chi connectivity index (χ1) is 10.0. The Morgan fingerprint density at radius 1 is 1.14 bits per heavy atom. The Balaban J connectivity index is 2.34. The molecule has 0 fully saturated rings. The molecular weight excluding hydrogens is 385 g/mol. The monoisotopic (exact) mass is 390 g/mol. The molecular formula is C14H7BrCl2F2N2. The molecule has 0 saturated heterocycles. The summed E-state index contributed by atoms with van der Waals surface area (Å²) in [4.78, 5) is 4.29. The van der Waals surface area contributed by atoms with Crippen LogP contribution in [0, 0.1) is 11.6 Å². The summed E-state index contributed by atoms with van der Waals surface area (Å²) in [5.41, 5.74) is 1.73. The number of rotatable bonds is 2. The van der Waals surface area contributed by atoms with Crippen LogP contribution in [0.25, 0.3) is 16.7 Å². The summed E-state index contributed by atoms with van der Waals surface area (Å²) in [6.07, 6.45) is 0. The minimum absolute atomic E-state index is 0.00366. The van der Waals surface area contributed by atoms with Crippen LogP contribution in [0.3, 0.4) is 0 Å². The number of nitrogens with zero attached hydrogens (tertiary/aromatic N) is 2. The topological polar surface area (TPSA) is 17.8 Å². The summed E-state index contributed by atoms with van der Waals surface area (Å²) in [5.74, 6) is -0.273. The molecule has 0 atom stereocenters. The molecule has 1 aromatic heterocycles. The van der Waals surface area contributed by atoms with Crippen molar-refractivity contribution in [1.29, 1.82) is 0 Å². The molecule has 0 unspecified atom stereocenters. The molecule has 21 heavy (non-hydrogen) atoms. The lowest BCUT2D eigenvalue weighted by Gasteiger charge is -2.09. The van der Waals surface area contributed by atoms with Gasteiger partial charge in [0.05, 0.1) is 26.4 Å². The summed E-state index contributed by atoms with van der Waals surface area (Å²) in [5, 5.41) is -0.00366. The fourth-order valence-electron chi connectivity index (χ4n) is 2.12. The third-order valence-electron chi connectivity index (χ3n) is 3.05. The van der Waals surface area contributed by atoms with Crippen LogP contribution in [0.5, 0.6) is 0 Å². The number of imidazole rings is 1. The Morgan fingerprint density at radius 3 is 2.57 bits per heavy atom. The highest BCUT2D eigenvalue weighted by Crippen LogP contribution is 2.29. The Kier molecular flexibility index (Phi) is 3.90. The molecule has 3 aromatic rings. The van der Waals surface area contributed by atoms with E-state index in [-0.39, 0.29) is 10.9 Å². The fraction of sp³-hybridized carbons (Fsp3) is 0.0714. The van der Waals surface area contributed by atoms with E-state index in [1.165, 1.54) is 18.2 Å². The molecule has 0 N–H and O–H groups in total. The molecule has 0 radical (unpaired) electrons. The molecule has 0 amide bonds. The quantitative estimate of drug-likeness (QED) is 0.530. The lowest BCUT2D eigenvalue weighted by atomic mass is 10.2. The Hall–Kier alpha value is -1.17. The number of halogens is 5. The largest absolute Gasteiger partial charge is 0.295 e. The van der Waals surface area contributed by atoms with Gasteiger partial charge in [-0.05, 0) is 40.2 Å². The van der Waals surface area contributed by atoms with Gasteiger partial charge in [0.1, 0.15) is 17.5 Å². The zero-order chi connectivity index (χ0) is 15.1. The van der Waals surface area contributed by atoms with Gasteiger partial charge in [-0.15, -0.1) is 11.6 Å². The molecule has 108 valence electrons. The van der Waals surface area contributed by atoms with Crippen LogP contribution in [-0.4, -0.2) is 9.55 Å². The maximum atomic E-state index is 13.6. The lowest BCUT2D eigenvalue weighted by molar-refractivity contribution is 0.623. The fourth-order valence-corrected chi connectivity index (χ4v) is 2.81. The zero-order valence-electron chi connectivity index (χ0n) is 10.4. The van der Waals surface area contributed by atoms with Crippen LogP contribution in [0.1, 0.15) is 5.82 Å². The Morgan fingerprint density at radius 2 is 1.90 bits per heavy atom. The van der Waals surface area contributed by atoms with Crippen molar-refractivity contribution in [3.63, 3.8) is 0 Å². The predicted octanol–water partition coefficient (Wildman–Crippen LogP) is 5.46. The average molecular weight is 392 g/mol. The first-order valence-corrected chi connectivity index (χ1v) is 7.59. The summed E-state index contributed by atoms with van der Waals surface area (Å²) in [6.45, 7) is 0. The van der Waals surface area contributed by atoms with Gasteiger partial charge in [-0.3, -0.25) is 4.57 Å². The number of fused-ring (bicyclic) bond motifs is 1. The summed E-state index contributed by atoms with van der Waals surface area (Å²) >= 11 is 14.9. The third-order valence-corrected chi connectivity index (χ3v) is 4.18. The zero-order valence-corrected chi connectivity index (χ0v) is 13.5. The lowest BCUT2D eigenvalue weighted by Crippen LogP contribution is -1.99. The number of hydrogen-bond acceptors (Lipinski definition) is 1. The first-order valence-electron chi connectivity index (χ1n) is 5.89. The van der Waals surface area contributed by atoms with Crippen LogP contribution < -0.4 is 0 Å². The van der Waals surface area contributed by atoms with E-state index in [9.17, 15) is 8.78 Å². The van der Waals surface area contributed by atoms with Crippen LogP contribution in [0.2, 0.25) is 5.02 Å². The van der Waals surface area contributed by atoms with Gasteiger partial charge in [-0.1, -0.05) is 11.6 Å². The van der Waals surface area contributed by atoms with E-state index in [0.717, 1.165) is 0 Å². The van der Waals surface area contributed by atoms with E-state index >= 15 is 0 Å². The summed E-state index contributed by atoms with van der Waals surface area (Å²) in [7, 11) is 0. The molecule has 0 spiro atoms. The maximum Gasteiger partial charge on any atom is 0.141 e. The molecule has 0 saturated carbocycles. The van der Waals surface area contributed by atoms with Crippen LogP contribution in [-0.2, 0) is 5.88 Å². The molecule has 1 heterocycles. The third kappa shape index (κ3) is 2.54. The van der Waals surface area contributed by atoms with Crippen molar-refractivity contribution in [3.8, 4) is 5.69 Å². The highest BCUT2D eigenvalue weighted by Gasteiger charge is 2.15. The van der Waals surface area contributed by atoms with Gasteiger partial charge in [0.2, 0.25) is 0 Å². The van der Waals surface area contributed by atoms with E-state index < -0.39 is 11.6 Å². The normalized spacial score (nSPS) is 11.3. The molecule has 2 aromatic carbocycles. The van der Waals surface area contributed by atoms with E-state index in [1.807, 2.05) is 0 Å². The smallest absolute Gasteiger partial charge is 0.141 e. The number of benzene rings is 2. The molecule has 2 nitrogen and oxygen atoms in total. The molecule has 0 aliphatic heterocycles. The van der Waals surface area contributed by atoms with Crippen molar-refractivity contribution in [3.05, 3.63) is 57.3 Å². The number of alkyl halides is 1. The second-order valence-electron chi connectivity index (χ2n) is 4.35. The van der Waals surface area contributed by atoms with E-state index in [4.69, 9.17) is 23.2 Å². The van der Waals surface area contributed by atoms with E-state index in [0.29, 0.717) is 27.0 Å². The molecule has 3 rings (SSSR count). The van der Waals surface area contributed by atoms with Gasteiger partial charge in [0.25, 0.3) is 0 Å². The van der Waals surface area contributed by atoms with Crippen LogP contribution >= 0.6 is 39.1 Å². The first kappa shape index (κ1) is 14.8. The second-order valence-corrected chi connectivity index (χ2v) is 5.88. The van der Waals surface area contributed by atoms with Crippen molar-refractivity contribution in [1.82, 2.24) is 9.55 Å². The SMILES string of the molecule is Fc1ccc(-n2c(CCl)nc3cc(F)c(Br)cc32)cc1Cl. The molecule has 0 aliphatic rings.